The highest BCUT2D eigenvalue weighted by Gasteiger charge is 2.14. The SMILES string of the molecule is CCOCC(=O)N(CC/C(N)=N/O)Cc1cccnc1. The molecule has 0 aliphatic rings. The third-order valence-electron chi connectivity index (χ3n) is 2.64. The van der Waals surface area contributed by atoms with Gasteiger partial charge in [0.1, 0.15) is 12.4 Å². The van der Waals surface area contributed by atoms with Gasteiger partial charge >= 0.3 is 0 Å². The van der Waals surface area contributed by atoms with Gasteiger partial charge < -0.3 is 20.6 Å². The molecule has 7 nitrogen and oxygen atoms in total. The third kappa shape index (κ3) is 5.66. The second kappa shape index (κ2) is 8.87. The number of hydrogen-bond acceptors (Lipinski definition) is 5. The van der Waals surface area contributed by atoms with Crippen LogP contribution in [0, 0.1) is 0 Å². The smallest absolute Gasteiger partial charge is 0.248 e. The number of amidine groups is 1. The standard InChI is InChI=1S/C13H20N4O3/c1-2-20-10-13(18)17(7-5-12(14)16-19)9-11-4-3-6-15-8-11/h3-4,6,8,19H,2,5,7,9-10H2,1H3,(H2,14,16). The van der Waals surface area contributed by atoms with Crippen LogP contribution in [0.15, 0.2) is 29.7 Å². The number of ether oxygens (including phenoxy) is 1. The summed E-state index contributed by atoms with van der Waals surface area (Å²) in [5.74, 6) is -0.0492. The van der Waals surface area contributed by atoms with E-state index in [1.807, 2.05) is 19.1 Å². The molecule has 7 heteroatoms. The molecule has 0 spiro atoms. The first-order chi connectivity index (χ1) is 9.67. The molecule has 0 bridgehead atoms. The van der Waals surface area contributed by atoms with E-state index in [0.717, 1.165) is 5.56 Å². The summed E-state index contributed by atoms with van der Waals surface area (Å²) >= 11 is 0. The zero-order valence-corrected chi connectivity index (χ0v) is 11.5. The Bertz CT molecular complexity index is 437. The number of amides is 1. The lowest BCUT2D eigenvalue weighted by Gasteiger charge is -2.22. The minimum absolute atomic E-state index is 0.0208. The quantitative estimate of drug-likeness (QED) is 0.314. The fourth-order valence-corrected chi connectivity index (χ4v) is 1.58. The van der Waals surface area contributed by atoms with Crippen molar-refractivity contribution >= 4 is 11.7 Å². The van der Waals surface area contributed by atoms with Gasteiger partial charge in [-0.15, -0.1) is 0 Å². The van der Waals surface area contributed by atoms with Gasteiger partial charge in [0.15, 0.2) is 0 Å². The van der Waals surface area contributed by atoms with E-state index < -0.39 is 0 Å². The first-order valence-electron chi connectivity index (χ1n) is 6.38. The molecule has 1 rings (SSSR count). The molecular weight excluding hydrogens is 260 g/mol. The molecule has 0 saturated heterocycles. The van der Waals surface area contributed by atoms with Gasteiger partial charge in [0.2, 0.25) is 5.91 Å². The molecule has 3 N–H and O–H groups in total. The van der Waals surface area contributed by atoms with Gasteiger partial charge in [0, 0.05) is 38.5 Å². The first kappa shape index (κ1) is 15.9. The first-order valence-corrected chi connectivity index (χ1v) is 6.38. The van der Waals surface area contributed by atoms with Crippen LogP contribution in [0.3, 0.4) is 0 Å². The summed E-state index contributed by atoms with van der Waals surface area (Å²) in [5.41, 5.74) is 6.35. The van der Waals surface area contributed by atoms with Crippen molar-refractivity contribution in [1.82, 2.24) is 9.88 Å². The second-order valence-electron chi connectivity index (χ2n) is 4.16. The highest BCUT2D eigenvalue weighted by Crippen LogP contribution is 2.05. The molecule has 0 radical (unpaired) electrons. The fourth-order valence-electron chi connectivity index (χ4n) is 1.58. The maximum Gasteiger partial charge on any atom is 0.248 e. The molecule has 0 saturated carbocycles. The number of hydrogen-bond donors (Lipinski definition) is 2. The van der Waals surface area contributed by atoms with E-state index in [1.54, 1.807) is 17.3 Å². The Morgan fingerprint density at radius 1 is 1.60 bits per heavy atom. The number of carbonyl (C=O) groups excluding carboxylic acids is 1. The van der Waals surface area contributed by atoms with Crippen LogP contribution >= 0.6 is 0 Å². The molecule has 0 atom stereocenters. The summed E-state index contributed by atoms with van der Waals surface area (Å²) in [5, 5.41) is 11.4. The van der Waals surface area contributed by atoms with Gasteiger partial charge in [-0.25, -0.2) is 0 Å². The predicted octanol–water partition coefficient (Wildman–Crippen LogP) is 0.583. The second-order valence-corrected chi connectivity index (χ2v) is 4.16. The van der Waals surface area contributed by atoms with Gasteiger partial charge in [0.25, 0.3) is 0 Å². The van der Waals surface area contributed by atoms with Gasteiger partial charge in [-0.05, 0) is 18.6 Å². The van der Waals surface area contributed by atoms with Gasteiger partial charge in [-0.3, -0.25) is 9.78 Å². The molecule has 0 unspecified atom stereocenters. The van der Waals surface area contributed by atoms with Crippen molar-refractivity contribution in [3.63, 3.8) is 0 Å². The fraction of sp³-hybridized carbons (Fsp3) is 0.462. The van der Waals surface area contributed by atoms with Crippen LogP contribution in [0.5, 0.6) is 0 Å². The van der Waals surface area contributed by atoms with Crippen LogP contribution in [0.1, 0.15) is 18.9 Å². The zero-order valence-electron chi connectivity index (χ0n) is 11.5. The molecule has 1 aromatic heterocycles. The summed E-state index contributed by atoms with van der Waals surface area (Å²) in [6, 6.07) is 3.70. The predicted molar refractivity (Wildman–Crippen MR) is 74.2 cm³/mol. The number of pyridine rings is 1. The van der Waals surface area contributed by atoms with Crippen molar-refractivity contribution in [3.8, 4) is 0 Å². The monoisotopic (exact) mass is 280 g/mol. The lowest BCUT2D eigenvalue weighted by Crippen LogP contribution is -2.36. The minimum Gasteiger partial charge on any atom is -0.409 e. The molecule has 1 amide bonds. The third-order valence-corrected chi connectivity index (χ3v) is 2.64. The van der Waals surface area contributed by atoms with E-state index in [2.05, 4.69) is 10.1 Å². The molecule has 20 heavy (non-hydrogen) atoms. The lowest BCUT2D eigenvalue weighted by atomic mass is 10.2. The molecule has 0 aliphatic heterocycles. The maximum atomic E-state index is 12.0. The van der Waals surface area contributed by atoms with E-state index in [0.29, 0.717) is 26.1 Å². The Labute approximate surface area is 118 Å². The summed E-state index contributed by atoms with van der Waals surface area (Å²) in [4.78, 5) is 17.7. The lowest BCUT2D eigenvalue weighted by molar-refractivity contribution is -0.136. The van der Waals surface area contributed by atoms with Crippen LogP contribution in [0.25, 0.3) is 0 Å². The van der Waals surface area contributed by atoms with E-state index in [-0.39, 0.29) is 18.3 Å². The Morgan fingerprint density at radius 2 is 2.40 bits per heavy atom. The highest BCUT2D eigenvalue weighted by atomic mass is 16.5. The number of oxime groups is 1. The van der Waals surface area contributed by atoms with E-state index in [4.69, 9.17) is 15.7 Å². The van der Waals surface area contributed by atoms with Crippen molar-refractivity contribution in [2.45, 2.75) is 19.9 Å². The highest BCUT2D eigenvalue weighted by molar-refractivity contribution is 5.81. The van der Waals surface area contributed by atoms with Gasteiger partial charge in [0.05, 0.1) is 0 Å². The summed E-state index contributed by atoms with van der Waals surface area (Å²) in [7, 11) is 0. The van der Waals surface area contributed by atoms with E-state index >= 15 is 0 Å². The van der Waals surface area contributed by atoms with Crippen LogP contribution in [0.4, 0.5) is 0 Å². The van der Waals surface area contributed by atoms with Crippen molar-refractivity contribution in [2.24, 2.45) is 10.9 Å². The van der Waals surface area contributed by atoms with Gasteiger partial charge in [-0.1, -0.05) is 11.2 Å². The Balaban J connectivity index is 2.65. The van der Waals surface area contributed by atoms with Crippen LogP contribution in [-0.4, -0.2) is 46.6 Å². The Hall–Kier alpha value is -2.15. The minimum atomic E-state index is -0.138. The van der Waals surface area contributed by atoms with E-state index in [9.17, 15) is 4.79 Å². The van der Waals surface area contributed by atoms with Crippen LogP contribution < -0.4 is 5.73 Å². The number of aromatic nitrogens is 1. The normalized spacial score (nSPS) is 11.3. The van der Waals surface area contributed by atoms with Crippen molar-refractivity contribution in [2.75, 3.05) is 19.8 Å². The number of nitrogens with two attached hydrogens (primary N) is 1. The maximum absolute atomic E-state index is 12.0. The largest absolute Gasteiger partial charge is 0.409 e. The molecule has 110 valence electrons. The molecule has 0 aromatic carbocycles. The number of rotatable bonds is 8. The summed E-state index contributed by atoms with van der Waals surface area (Å²) in [6.07, 6.45) is 3.67. The Kier molecular flexibility index (Phi) is 7.05. The molecule has 0 aliphatic carbocycles. The zero-order chi connectivity index (χ0) is 14.8. The van der Waals surface area contributed by atoms with Gasteiger partial charge in [-0.2, -0.15) is 0 Å². The average Bonchev–Trinajstić information content (AvgIpc) is 2.49. The topological polar surface area (TPSA) is 101 Å². The molecule has 1 aromatic rings. The van der Waals surface area contributed by atoms with Crippen molar-refractivity contribution < 1.29 is 14.7 Å². The number of nitrogens with zero attached hydrogens (tertiary/aromatic N) is 3. The molecule has 0 fully saturated rings. The van der Waals surface area contributed by atoms with Crippen LogP contribution in [0.2, 0.25) is 0 Å². The number of carbonyl (C=O) groups is 1. The summed E-state index contributed by atoms with van der Waals surface area (Å²) < 4.78 is 5.13. The summed E-state index contributed by atoms with van der Waals surface area (Å²) in [6.45, 7) is 3.10. The van der Waals surface area contributed by atoms with E-state index in [1.165, 1.54) is 0 Å². The molecular formula is C13H20N4O3. The molecule has 1 heterocycles. The van der Waals surface area contributed by atoms with Crippen molar-refractivity contribution in [1.29, 1.82) is 0 Å². The Morgan fingerprint density at radius 3 is 3.00 bits per heavy atom. The van der Waals surface area contributed by atoms with Crippen LogP contribution in [-0.2, 0) is 16.1 Å². The van der Waals surface area contributed by atoms with Crippen molar-refractivity contribution in [3.05, 3.63) is 30.1 Å². The average molecular weight is 280 g/mol.